The summed E-state index contributed by atoms with van der Waals surface area (Å²) in [7, 11) is 1.75. The van der Waals surface area contributed by atoms with Gasteiger partial charge in [-0.25, -0.2) is 0 Å². The number of methoxy groups -OCH3 is 1. The average Bonchev–Trinajstić information content (AvgIpc) is 2.43. The van der Waals surface area contributed by atoms with Crippen LogP contribution in [0.3, 0.4) is 0 Å². The van der Waals surface area contributed by atoms with E-state index in [1.807, 2.05) is 0 Å². The van der Waals surface area contributed by atoms with Crippen molar-refractivity contribution >= 4 is 21.6 Å². The Bertz CT molecular complexity index is 408. The Morgan fingerprint density at radius 1 is 1.37 bits per heavy atom. The maximum atomic E-state index is 5.31. The number of anilines is 1. The van der Waals surface area contributed by atoms with Crippen LogP contribution in [0.5, 0.6) is 0 Å². The van der Waals surface area contributed by atoms with Gasteiger partial charge in [-0.15, -0.1) is 0 Å². The standard InChI is InChI=1S/C16H24BrNO/c1-3-12-6-4-7-13(10-12)18-16-9-5-8-15(17)14(16)11-19-2/h5,8-9,12-13,18H,3-4,6-7,10-11H2,1-2H3. The third kappa shape index (κ3) is 3.96. The highest BCUT2D eigenvalue weighted by Crippen LogP contribution is 2.31. The minimum absolute atomic E-state index is 0.614. The monoisotopic (exact) mass is 325 g/mol. The Kier molecular flexibility index (Phi) is 5.71. The van der Waals surface area contributed by atoms with Gasteiger partial charge in [0.25, 0.3) is 0 Å². The van der Waals surface area contributed by atoms with Gasteiger partial charge in [-0.3, -0.25) is 0 Å². The smallest absolute Gasteiger partial charge is 0.0744 e. The normalized spacial score (nSPS) is 23.3. The van der Waals surface area contributed by atoms with Crippen molar-refractivity contribution in [2.24, 2.45) is 5.92 Å². The van der Waals surface area contributed by atoms with Crippen LogP contribution in [-0.2, 0) is 11.3 Å². The zero-order chi connectivity index (χ0) is 13.7. The van der Waals surface area contributed by atoms with Crippen molar-refractivity contribution in [3.05, 3.63) is 28.2 Å². The van der Waals surface area contributed by atoms with E-state index < -0.39 is 0 Å². The minimum atomic E-state index is 0.614. The third-order valence-corrected chi connectivity index (χ3v) is 4.87. The summed E-state index contributed by atoms with van der Waals surface area (Å²) in [6.45, 7) is 2.95. The van der Waals surface area contributed by atoms with Gasteiger partial charge in [0.1, 0.15) is 0 Å². The van der Waals surface area contributed by atoms with Gasteiger partial charge in [-0.2, -0.15) is 0 Å². The van der Waals surface area contributed by atoms with E-state index in [2.05, 4.69) is 46.4 Å². The van der Waals surface area contributed by atoms with E-state index in [0.717, 1.165) is 10.4 Å². The second-order valence-electron chi connectivity index (χ2n) is 5.48. The summed E-state index contributed by atoms with van der Waals surface area (Å²) in [6, 6.07) is 6.94. The predicted octanol–water partition coefficient (Wildman–Crippen LogP) is 4.98. The van der Waals surface area contributed by atoms with Crippen LogP contribution in [0.4, 0.5) is 5.69 Å². The van der Waals surface area contributed by atoms with Crippen LogP contribution >= 0.6 is 15.9 Å². The number of hydrogen-bond acceptors (Lipinski definition) is 2. The quantitative estimate of drug-likeness (QED) is 0.824. The van der Waals surface area contributed by atoms with E-state index >= 15 is 0 Å². The predicted molar refractivity (Wildman–Crippen MR) is 84.5 cm³/mol. The van der Waals surface area contributed by atoms with Gasteiger partial charge in [0, 0.05) is 28.9 Å². The first kappa shape index (κ1) is 14.9. The van der Waals surface area contributed by atoms with E-state index in [4.69, 9.17) is 4.74 Å². The molecule has 19 heavy (non-hydrogen) atoms. The zero-order valence-electron chi connectivity index (χ0n) is 11.9. The van der Waals surface area contributed by atoms with Crippen molar-refractivity contribution in [3.63, 3.8) is 0 Å². The summed E-state index contributed by atoms with van der Waals surface area (Å²) in [5, 5.41) is 3.73. The molecule has 3 heteroatoms. The van der Waals surface area contributed by atoms with Crippen LogP contribution in [0.25, 0.3) is 0 Å². The lowest BCUT2D eigenvalue weighted by molar-refractivity contribution is 0.184. The second-order valence-corrected chi connectivity index (χ2v) is 6.34. The molecule has 1 aliphatic rings. The molecular weight excluding hydrogens is 302 g/mol. The van der Waals surface area contributed by atoms with Crippen LogP contribution in [-0.4, -0.2) is 13.2 Å². The fourth-order valence-corrected chi connectivity index (χ4v) is 3.48. The molecule has 0 heterocycles. The molecule has 0 aliphatic heterocycles. The summed E-state index contributed by atoms with van der Waals surface area (Å²) < 4.78 is 6.44. The maximum Gasteiger partial charge on any atom is 0.0744 e. The van der Waals surface area contributed by atoms with Gasteiger partial charge < -0.3 is 10.1 Å². The van der Waals surface area contributed by atoms with Crippen molar-refractivity contribution in [2.45, 2.75) is 51.7 Å². The Hall–Kier alpha value is -0.540. The molecule has 0 bridgehead atoms. The van der Waals surface area contributed by atoms with Gasteiger partial charge in [-0.05, 0) is 30.9 Å². The van der Waals surface area contributed by atoms with Gasteiger partial charge in [0.15, 0.2) is 0 Å². The highest BCUT2D eigenvalue weighted by molar-refractivity contribution is 9.10. The molecule has 0 spiro atoms. The van der Waals surface area contributed by atoms with E-state index in [0.29, 0.717) is 12.6 Å². The first-order chi connectivity index (χ1) is 9.24. The number of benzene rings is 1. The summed E-state index contributed by atoms with van der Waals surface area (Å²) in [6.07, 6.45) is 6.65. The molecule has 2 nitrogen and oxygen atoms in total. The first-order valence-electron chi connectivity index (χ1n) is 7.27. The SMILES string of the molecule is CCC1CCCC(Nc2cccc(Br)c2COC)C1. The summed E-state index contributed by atoms with van der Waals surface area (Å²) in [4.78, 5) is 0. The lowest BCUT2D eigenvalue weighted by atomic mass is 9.84. The number of hydrogen-bond donors (Lipinski definition) is 1. The fourth-order valence-electron chi connectivity index (χ4n) is 3.00. The molecule has 0 saturated heterocycles. The second kappa shape index (κ2) is 7.30. The lowest BCUT2D eigenvalue weighted by Gasteiger charge is -2.30. The molecule has 2 atom stereocenters. The number of halogens is 1. The van der Waals surface area contributed by atoms with Crippen LogP contribution in [0.2, 0.25) is 0 Å². The molecule has 1 saturated carbocycles. The molecular formula is C16H24BrNO. The third-order valence-electron chi connectivity index (χ3n) is 4.13. The lowest BCUT2D eigenvalue weighted by Crippen LogP contribution is -2.27. The van der Waals surface area contributed by atoms with E-state index in [1.54, 1.807) is 7.11 Å². The van der Waals surface area contributed by atoms with E-state index in [9.17, 15) is 0 Å². The fraction of sp³-hybridized carbons (Fsp3) is 0.625. The molecule has 1 aliphatic carbocycles. The Labute approximate surface area is 125 Å². The molecule has 2 rings (SSSR count). The summed E-state index contributed by atoms with van der Waals surface area (Å²) in [5.74, 6) is 0.893. The molecule has 2 unspecified atom stereocenters. The Morgan fingerprint density at radius 3 is 2.95 bits per heavy atom. The van der Waals surface area contributed by atoms with E-state index in [1.165, 1.54) is 43.4 Å². The van der Waals surface area contributed by atoms with Gasteiger partial charge in [0.2, 0.25) is 0 Å². The van der Waals surface area contributed by atoms with Crippen LogP contribution in [0, 0.1) is 5.92 Å². The van der Waals surface area contributed by atoms with Crippen LogP contribution in [0.15, 0.2) is 22.7 Å². The molecule has 0 aromatic heterocycles. The van der Waals surface area contributed by atoms with Crippen molar-refractivity contribution in [1.29, 1.82) is 0 Å². The first-order valence-corrected chi connectivity index (χ1v) is 8.06. The molecule has 1 N–H and O–H groups in total. The van der Waals surface area contributed by atoms with Crippen molar-refractivity contribution in [3.8, 4) is 0 Å². The highest BCUT2D eigenvalue weighted by Gasteiger charge is 2.21. The van der Waals surface area contributed by atoms with Crippen molar-refractivity contribution in [1.82, 2.24) is 0 Å². The largest absolute Gasteiger partial charge is 0.382 e. The van der Waals surface area contributed by atoms with Gasteiger partial charge >= 0.3 is 0 Å². The van der Waals surface area contributed by atoms with Crippen LogP contribution < -0.4 is 5.32 Å². The number of nitrogens with one attached hydrogen (secondary N) is 1. The molecule has 1 fully saturated rings. The summed E-state index contributed by atoms with van der Waals surface area (Å²) in [5.41, 5.74) is 2.45. The van der Waals surface area contributed by atoms with E-state index in [-0.39, 0.29) is 0 Å². The van der Waals surface area contributed by atoms with Gasteiger partial charge in [0.05, 0.1) is 6.61 Å². The maximum absolute atomic E-state index is 5.31. The Balaban J connectivity index is 2.07. The minimum Gasteiger partial charge on any atom is -0.382 e. The number of ether oxygens (including phenoxy) is 1. The Morgan fingerprint density at radius 2 is 2.21 bits per heavy atom. The molecule has 1 aromatic rings. The summed E-state index contributed by atoms with van der Waals surface area (Å²) >= 11 is 3.62. The van der Waals surface area contributed by atoms with Crippen LogP contribution in [0.1, 0.15) is 44.6 Å². The van der Waals surface area contributed by atoms with Gasteiger partial charge in [-0.1, -0.05) is 48.2 Å². The highest BCUT2D eigenvalue weighted by atomic mass is 79.9. The molecule has 0 radical (unpaired) electrons. The molecule has 0 amide bonds. The van der Waals surface area contributed by atoms with Crippen molar-refractivity contribution in [2.75, 3.05) is 12.4 Å². The number of rotatable bonds is 5. The molecule has 1 aromatic carbocycles. The average molecular weight is 326 g/mol. The zero-order valence-corrected chi connectivity index (χ0v) is 13.5. The molecule has 106 valence electrons. The topological polar surface area (TPSA) is 21.3 Å². The van der Waals surface area contributed by atoms with Crippen molar-refractivity contribution < 1.29 is 4.74 Å².